The van der Waals surface area contributed by atoms with Gasteiger partial charge in [-0.1, -0.05) is 0 Å². The van der Waals surface area contributed by atoms with E-state index in [1.807, 2.05) is 10.9 Å². The molecule has 0 spiro atoms. The van der Waals surface area contributed by atoms with Gasteiger partial charge in [-0.05, 0) is 21.0 Å². The first-order valence-electron chi connectivity index (χ1n) is 6.80. The Labute approximate surface area is 110 Å². The van der Waals surface area contributed by atoms with Gasteiger partial charge in [0.1, 0.15) is 0 Å². The molecule has 1 fully saturated rings. The van der Waals surface area contributed by atoms with Crippen LogP contribution in [0.15, 0.2) is 12.4 Å². The predicted molar refractivity (Wildman–Crippen MR) is 73.5 cm³/mol. The summed E-state index contributed by atoms with van der Waals surface area (Å²) in [5, 5.41) is 7.82. The largest absolute Gasteiger partial charge is 0.311 e. The lowest BCUT2D eigenvalue weighted by Crippen LogP contribution is -2.53. The number of likely N-dealkylation sites (N-methyl/N-ethyl adjacent to an activating group) is 2. The maximum atomic E-state index is 4.29. The fourth-order valence-corrected chi connectivity index (χ4v) is 2.38. The molecule has 0 radical (unpaired) electrons. The molecular formula is C13H25N5. The Bertz CT molecular complexity index is 362. The molecule has 1 aliphatic heterocycles. The molecule has 0 amide bonds. The van der Waals surface area contributed by atoms with E-state index in [1.54, 1.807) is 0 Å². The van der Waals surface area contributed by atoms with Crippen LogP contribution in [-0.2, 0) is 13.1 Å². The summed E-state index contributed by atoms with van der Waals surface area (Å²) in [5.74, 6) is 0. The van der Waals surface area contributed by atoms with Gasteiger partial charge in [0.15, 0.2) is 0 Å². The third-order valence-corrected chi connectivity index (χ3v) is 3.70. The van der Waals surface area contributed by atoms with Crippen LogP contribution in [0.3, 0.4) is 0 Å². The van der Waals surface area contributed by atoms with Gasteiger partial charge in [0.05, 0.1) is 6.20 Å². The number of nitrogens with zero attached hydrogens (tertiary/aromatic N) is 4. The monoisotopic (exact) mass is 251 g/mol. The topological polar surface area (TPSA) is 36.3 Å². The van der Waals surface area contributed by atoms with Crippen LogP contribution >= 0.6 is 0 Å². The van der Waals surface area contributed by atoms with Crippen molar-refractivity contribution in [3.63, 3.8) is 0 Å². The summed E-state index contributed by atoms with van der Waals surface area (Å²) in [6, 6.07) is 0.616. The SMILES string of the molecule is CCn1cc(CNCC2CN(C)CCN2C)cn1. The van der Waals surface area contributed by atoms with Gasteiger partial charge in [-0.2, -0.15) is 5.10 Å². The zero-order valence-electron chi connectivity index (χ0n) is 11.8. The first-order chi connectivity index (χ1) is 8.69. The number of rotatable bonds is 5. The maximum Gasteiger partial charge on any atom is 0.0534 e. The molecule has 0 saturated carbocycles. The highest BCUT2D eigenvalue weighted by molar-refractivity contribution is 5.03. The molecule has 0 aromatic carbocycles. The quantitative estimate of drug-likeness (QED) is 0.813. The highest BCUT2D eigenvalue weighted by Gasteiger charge is 2.21. The second-order valence-corrected chi connectivity index (χ2v) is 5.23. The highest BCUT2D eigenvalue weighted by atomic mass is 15.3. The summed E-state index contributed by atoms with van der Waals surface area (Å²) in [6.07, 6.45) is 4.07. The second-order valence-electron chi connectivity index (χ2n) is 5.23. The first-order valence-corrected chi connectivity index (χ1v) is 6.80. The Hall–Kier alpha value is -0.910. The summed E-state index contributed by atoms with van der Waals surface area (Å²) in [4.78, 5) is 4.85. The highest BCUT2D eigenvalue weighted by Crippen LogP contribution is 2.05. The molecule has 0 bridgehead atoms. The Balaban J connectivity index is 1.74. The first kappa shape index (κ1) is 13.5. The van der Waals surface area contributed by atoms with Gasteiger partial charge in [-0.15, -0.1) is 0 Å². The number of piperazine rings is 1. The molecule has 1 atom stereocenters. The summed E-state index contributed by atoms with van der Waals surface area (Å²) < 4.78 is 1.97. The second kappa shape index (κ2) is 6.31. The van der Waals surface area contributed by atoms with E-state index in [1.165, 1.54) is 12.1 Å². The third-order valence-electron chi connectivity index (χ3n) is 3.70. The van der Waals surface area contributed by atoms with Gasteiger partial charge in [0.25, 0.3) is 0 Å². The zero-order valence-corrected chi connectivity index (χ0v) is 11.8. The summed E-state index contributed by atoms with van der Waals surface area (Å²) in [6.45, 7) is 8.49. The third kappa shape index (κ3) is 3.54. The standard InChI is InChI=1S/C13H25N5/c1-4-18-10-12(8-15-18)7-14-9-13-11-16(2)5-6-17(13)3/h8,10,13-14H,4-7,9,11H2,1-3H3. The van der Waals surface area contributed by atoms with Crippen LogP contribution < -0.4 is 5.32 Å². The van der Waals surface area contributed by atoms with Crippen molar-refractivity contribution in [2.45, 2.75) is 26.1 Å². The van der Waals surface area contributed by atoms with E-state index < -0.39 is 0 Å². The molecule has 1 aliphatic rings. The molecule has 2 heterocycles. The zero-order chi connectivity index (χ0) is 13.0. The predicted octanol–water partition coefficient (Wildman–Crippen LogP) is 0.238. The van der Waals surface area contributed by atoms with Gasteiger partial charge in [0, 0.05) is 57.1 Å². The van der Waals surface area contributed by atoms with E-state index in [9.17, 15) is 0 Å². The number of aromatic nitrogens is 2. The van der Waals surface area contributed by atoms with Crippen molar-refractivity contribution in [2.75, 3.05) is 40.3 Å². The summed E-state index contributed by atoms with van der Waals surface area (Å²) >= 11 is 0. The fourth-order valence-electron chi connectivity index (χ4n) is 2.38. The van der Waals surface area contributed by atoms with E-state index in [2.05, 4.69) is 47.4 Å². The van der Waals surface area contributed by atoms with Crippen molar-refractivity contribution in [3.05, 3.63) is 18.0 Å². The molecule has 1 aromatic rings. The van der Waals surface area contributed by atoms with Gasteiger partial charge >= 0.3 is 0 Å². The van der Waals surface area contributed by atoms with Crippen LogP contribution in [0.2, 0.25) is 0 Å². The van der Waals surface area contributed by atoms with Crippen molar-refractivity contribution < 1.29 is 0 Å². The van der Waals surface area contributed by atoms with Crippen LogP contribution in [0.1, 0.15) is 12.5 Å². The number of aryl methyl sites for hydroxylation is 1. The van der Waals surface area contributed by atoms with Gasteiger partial charge < -0.3 is 10.2 Å². The minimum atomic E-state index is 0.616. The van der Waals surface area contributed by atoms with E-state index in [0.717, 1.165) is 32.7 Å². The molecule has 0 aliphatic carbocycles. The van der Waals surface area contributed by atoms with Crippen LogP contribution in [-0.4, -0.2) is 65.9 Å². The van der Waals surface area contributed by atoms with Crippen LogP contribution in [0.5, 0.6) is 0 Å². The molecule has 5 nitrogen and oxygen atoms in total. The minimum absolute atomic E-state index is 0.616. The molecule has 1 aromatic heterocycles. The minimum Gasteiger partial charge on any atom is -0.311 e. The Kier molecular flexibility index (Phi) is 4.74. The van der Waals surface area contributed by atoms with Crippen molar-refractivity contribution in [2.24, 2.45) is 0 Å². The van der Waals surface area contributed by atoms with Gasteiger partial charge in [-0.3, -0.25) is 9.58 Å². The molecule has 1 unspecified atom stereocenters. The number of nitrogens with one attached hydrogen (secondary N) is 1. The fraction of sp³-hybridized carbons (Fsp3) is 0.769. The molecule has 2 rings (SSSR count). The lowest BCUT2D eigenvalue weighted by atomic mass is 10.2. The van der Waals surface area contributed by atoms with Crippen molar-refractivity contribution in [3.8, 4) is 0 Å². The summed E-state index contributed by atoms with van der Waals surface area (Å²) in [7, 11) is 4.42. The molecular weight excluding hydrogens is 226 g/mol. The van der Waals surface area contributed by atoms with Gasteiger partial charge in [0.2, 0.25) is 0 Å². The van der Waals surface area contributed by atoms with Crippen molar-refractivity contribution in [1.29, 1.82) is 0 Å². The Morgan fingerprint density at radius 1 is 1.39 bits per heavy atom. The van der Waals surface area contributed by atoms with Crippen LogP contribution in [0.4, 0.5) is 0 Å². The normalized spacial score (nSPS) is 22.5. The Morgan fingerprint density at radius 3 is 2.94 bits per heavy atom. The van der Waals surface area contributed by atoms with Crippen LogP contribution in [0.25, 0.3) is 0 Å². The number of hydrogen-bond donors (Lipinski definition) is 1. The molecule has 1 N–H and O–H groups in total. The van der Waals surface area contributed by atoms with E-state index in [0.29, 0.717) is 6.04 Å². The van der Waals surface area contributed by atoms with E-state index in [-0.39, 0.29) is 0 Å². The molecule has 18 heavy (non-hydrogen) atoms. The molecule has 1 saturated heterocycles. The average molecular weight is 251 g/mol. The maximum absolute atomic E-state index is 4.29. The number of hydrogen-bond acceptors (Lipinski definition) is 4. The van der Waals surface area contributed by atoms with Crippen molar-refractivity contribution in [1.82, 2.24) is 24.9 Å². The Morgan fingerprint density at radius 2 is 2.22 bits per heavy atom. The van der Waals surface area contributed by atoms with Crippen LogP contribution in [0, 0.1) is 0 Å². The lowest BCUT2D eigenvalue weighted by Gasteiger charge is -2.37. The molecule has 102 valence electrons. The van der Waals surface area contributed by atoms with Gasteiger partial charge in [-0.25, -0.2) is 0 Å². The summed E-state index contributed by atoms with van der Waals surface area (Å²) in [5.41, 5.74) is 1.27. The van der Waals surface area contributed by atoms with E-state index >= 15 is 0 Å². The smallest absolute Gasteiger partial charge is 0.0534 e. The van der Waals surface area contributed by atoms with E-state index in [4.69, 9.17) is 0 Å². The van der Waals surface area contributed by atoms with Crippen molar-refractivity contribution >= 4 is 0 Å². The lowest BCUT2D eigenvalue weighted by molar-refractivity contribution is 0.113. The molecule has 5 heteroatoms. The average Bonchev–Trinajstić information content (AvgIpc) is 2.81.